The summed E-state index contributed by atoms with van der Waals surface area (Å²) in [6.45, 7) is 6.42. The van der Waals surface area contributed by atoms with Gasteiger partial charge in [-0.2, -0.15) is 0 Å². The van der Waals surface area contributed by atoms with Crippen LogP contribution in [0.1, 0.15) is 36.6 Å². The molecule has 5 heteroatoms. The Morgan fingerprint density at radius 3 is 2.35 bits per heavy atom. The maximum absolute atomic E-state index is 12.4. The number of hydrogen-bond donors (Lipinski definition) is 2. The number of methoxy groups -OCH3 is 2. The van der Waals surface area contributed by atoms with Crippen molar-refractivity contribution in [3.05, 3.63) is 59.2 Å². The Morgan fingerprint density at radius 1 is 1.04 bits per heavy atom. The van der Waals surface area contributed by atoms with E-state index in [-0.39, 0.29) is 18.0 Å². The molecule has 26 heavy (non-hydrogen) atoms. The zero-order chi connectivity index (χ0) is 19.1. The van der Waals surface area contributed by atoms with Crippen LogP contribution >= 0.6 is 0 Å². The summed E-state index contributed by atoms with van der Waals surface area (Å²) in [6.07, 6.45) is 0. The average molecular weight is 356 g/mol. The summed E-state index contributed by atoms with van der Waals surface area (Å²) in [5.41, 5.74) is 3.24. The van der Waals surface area contributed by atoms with E-state index in [0.717, 1.165) is 22.6 Å². The molecule has 0 saturated heterocycles. The van der Waals surface area contributed by atoms with E-state index in [0.29, 0.717) is 6.54 Å². The van der Waals surface area contributed by atoms with Gasteiger partial charge in [0.15, 0.2) is 0 Å². The van der Waals surface area contributed by atoms with Gasteiger partial charge in [-0.15, -0.1) is 0 Å². The maximum Gasteiger partial charge on any atom is 0.237 e. The fraction of sp³-hybridized carbons (Fsp3) is 0.381. The van der Waals surface area contributed by atoms with E-state index >= 15 is 0 Å². The van der Waals surface area contributed by atoms with Crippen LogP contribution in [0.5, 0.6) is 11.5 Å². The molecule has 5 nitrogen and oxygen atoms in total. The predicted molar refractivity (Wildman–Crippen MR) is 104 cm³/mol. The number of aryl methyl sites for hydroxylation is 1. The van der Waals surface area contributed by atoms with Gasteiger partial charge >= 0.3 is 0 Å². The minimum absolute atomic E-state index is 0.0423. The van der Waals surface area contributed by atoms with Crippen molar-refractivity contribution in [1.82, 2.24) is 10.6 Å². The van der Waals surface area contributed by atoms with E-state index in [1.807, 2.05) is 63.2 Å². The monoisotopic (exact) mass is 356 g/mol. The van der Waals surface area contributed by atoms with Crippen molar-refractivity contribution in [3.63, 3.8) is 0 Å². The van der Waals surface area contributed by atoms with E-state index in [1.165, 1.54) is 5.56 Å². The Kier molecular flexibility index (Phi) is 7.04. The second kappa shape index (κ2) is 9.25. The van der Waals surface area contributed by atoms with Gasteiger partial charge in [-0.1, -0.05) is 29.8 Å². The summed E-state index contributed by atoms with van der Waals surface area (Å²) in [6, 6.07) is 13.4. The number of ether oxygens (including phenoxy) is 2. The number of hydrogen-bond acceptors (Lipinski definition) is 4. The van der Waals surface area contributed by atoms with Crippen LogP contribution in [0.3, 0.4) is 0 Å². The fourth-order valence-electron chi connectivity index (χ4n) is 2.77. The molecule has 2 rings (SSSR count). The van der Waals surface area contributed by atoms with Crippen molar-refractivity contribution in [2.75, 3.05) is 14.2 Å². The average Bonchev–Trinajstić information content (AvgIpc) is 2.66. The van der Waals surface area contributed by atoms with Crippen LogP contribution in [-0.4, -0.2) is 26.2 Å². The Hall–Kier alpha value is -2.53. The molecule has 2 unspecified atom stereocenters. The van der Waals surface area contributed by atoms with Crippen molar-refractivity contribution in [2.45, 2.75) is 39.4 Å². The van der Waals surface area contributed by atoms with Gasteiger partial charge in [-0.05, 0) is 44.5 Å². The second-order valence-corrected chi connectivity index (χ2v) is 6.42. The topological polar surface area (TPSA) is 59.6 Å². The molecule has 2 N–H and O–H groups in total. The number of rotatable bonds is 8. The standard InChI is InChI=1S/C21H28N2O3/c1-14-6-8-17(9-7-14)13-22-21(24)16(3)23-15(2)19-12-18(25-4)10-11-20(19)26-5/h6-12,15-16,23H,13H2,1-5H3,(H,22,24). The van der Waals surface area contributed by atoms with Crippen molar-refractivity contribution < 1.29 is 14.3 Å². The Labute approximate surface area is 155 Å². The van der Waals surface area contributed by atoms with Gasteiger partial charge in [0.2, 0.25) is 5.91 Å². The third-order valence-corrected chi connectivity index (χ3v) is 4.38. The van der Waals surface area contributed by atoms with Crippen LogP contribution in [0, 0.1) is 6.92 Å². The maximum atomic E-state index is 12.4. The summed E-state index contributed by atoms with van der Waals surface area (Å²) in [7, 11) is 3.26. The number of carbonyl (C=O) groups excluding carboxylic acids is 1. The molecule has 0 bridgehead atoms. The summed E-state index contributed by atoms with van der Waals surface area (Å²) in [4.78, 5) is 12.4. The Morgan fingerprint density at radius 2 is 1.73 bits per heavy atom. The Balaban J connectivity index is 1.96. The molecule has 0 aliphatic rings. The van der Waals surface area contributed by atoms with Crippen LogP contribution in [0.15, 0.2) is 42.5 Å². The SMILES string of the molecule is COc1ccc(OC)c(C(C)NC(C)C(=O)NCc2ccc(C)cc2)c1. The molecule has 0 radical (unpaired) electrons. The van der Waals surface area contributed by atoms with Crippen LogP contribution in [0.4, 0.5) is 0 Å². The zero-order valence-electron chi connectivity index (χ0n) is 16.1. The van der Waals surface area contributed by atoms with Crippen LogP contribution < -0.4 is 20.1 Å². The second-order valence-electron chi connectivity index (χ2n) is 6.42. The van der Waals surface area contributed by atoms with Gasteiger partial charge in [-0.3, -0.25) is 10.1 Å². The lowest BCUT2D eigenvalue weighted by Crippen LogP contribution is -2.42. The van der Waals surface area contributed by atoms with Gasteiger partial charge in [-0.25, -0.2) is 0 Å². The third-order valence-electron chi connectivity index (χ3n) is 4.38. The van der Waals surface area contributed by atoms with Crippen molar-refractivity contribution >= 4 is 5.91 Å². The van der Waals surface area contributed by atoms with Crippen LogP contribution in [0.2, 0.25) is 0 Å². The number of nitrogens with one attached hydrogen (secondary N) is 2. The highest BCUT2D eigenvalue weighted by atomic mass is 16.5. The first-order chi connectivity index (χ1) is 12.4. The van der Waals surface area contributed by atoms with E-state index in [1.54, 1.807) is 14.2 Å². The molecule has 0 aliphatic heterocycles. The predicted octanol–water partition coefficient (Wildman–Crippen LogP) is 3.37. The lowest BCUT2D eigenvalue weighted by Gasteiger charge is -2.22. The van der Waals surface area contributed by atoms with Gasteiger partial charge in [0, 0.05) is 18.2 Å². The molecular weight excluding hydrogens is 328 g/mol. The minimum Gasteiger partial charge on any atom is -0.497 e. The molecule has 0 heterocycles. The molecule has 1 amide bonds. The van der Waals surface area contributed by atoms with Gasteiger partial charge in [0.25, 0.3) is 0 Å². The van der Waals surface area contributed by atoms with Gasteiger partial charge < -0.3 is 14.8 Å². The number of amides is 1. The highest BCUT2D eigenvalue weighted by Gasteiger charge is 2.19. The first kappa shape index (κ1) is 19.8. The van der Waals surface area contributed by atoms with Gasteiger partial charge in [0.1, 0.15) is 11.5 Å². The molecule has 2 aromatic carbocycles. The lowest BCUT2D eigenvalue weighted by atomic mass is 10.1. The first-order valence-electron chi connectivity index (χ1n) is 8.75. The van der Waals surface area contributed by atoms with E-state index < -0.39 is 0 Å². The molecule has 0 fully saturated rings. The van der Waals surface area contributed by atoms with Crippen molar-refractivity contribution in [2.24, 2.45) is 0 Å². The first-order valence-corrected chi connectivity index (χ1v) is 8.75. The summed E-state index contributed by atoms with van der Waals surface area (Å²) >= 11 is 0. The largest absolute Gasteiger partial charge is 0.497 e. The van der Waals surface area contributed by atoms with Crippen LogP contribution in [-0.2, 0) is 11.3 Å². The normalized spacial score (nSPS) is 13.0. The summed E-state index contributed by atoms with van der Waals surface area (Å²) in [5, 5.41) is 6.29. The van der Waals surface area contributed by atoms with E-state index in [9.17, 15) is 4.79 Å². The van der Waals surface area contributed by atoms with Crippen LogP contribution in [0.25, 0.3) is 0 Å². The highest BCUT2D eigenvalue weighted by molar-refractivity contribution is 5.81. The summed E-state index contributed by atoms with van der Waals surface area (Å²) in [5.74, 6) is 1.48. The fourth-order valence-corrected chi connectivity index (χ4v) is 2.77. The highest BCUT2D eigenvalue weighted by Crippen LogP contribution is 2.29. The molecule has 2 atom stereocenters. The quantitative estimate of drug-likeness (QED) is 0.761. The number of benzene rings is 2. The van der Waals surface area contributed by atoms with E-state index in [2.05, 4.69) is 10.6 Å². The third kappa shape index (κ3) is 5.23. The molecule has 0 aromatic heterocycles. The number of carbonyl (C=O) groups is 1. The Bertz CT molecular complexity index is 729. The van der Waals surface area contributed by atoms with E-state index in [4.69, 9.17) is 9.47 Å². The molecule has 0 saturated carbocycles. The molecule has 0 spiro atoms. The molecular formula is C21H28N2O3. The molecule has 2 aromatic rings. The molecule has 140 valence electrons. The molecule has 0 aliphatic carbocycles. The van der Waals surface area contributed by atoms with Crippen molar-refractivity contribution in [3.8, 4) is 11.5 Å². The zero-order valence-corrected chi connectivity index (χ0v) is 16.1. The smallest absolute Gasteiger partial charge is 0.237 e. The minimum atomic E-state index is -0.341. The van der Waals surface area contributed by atoms with Gasteiger partial charge in [0.05, 0.1) is 20.3 Å². The van der Waals surface area contributed by atoms with Crippen molar-refractivity contribution in [1.29, 1.82) is 0 Å². The lowest BCUT2D eigenvalue weighted by molar-refractivity contribution is -0.123. The summed E-state index contributed by atoms with van der Waals surface area (Å²) < 4.78 is 10.7.